The Morgan fingerprint density at radius 3 is 2.59 bits per heavy atom. The molecular weight excluding hydrogens is 214 g/mol. The Bertz CT molecular complexity index is 358. The highest BCUT2D eigenvalue weighted by atomic mass is 16.5. The van der Waals surface area contributed by atoms with E-state index < -0.39 is 0 Å². The van der Waals surface area contributed by atoms with Gasteiger partial charge in [-0.2, -0.15) is 0 Å². The third-order valence-corrected chi connectivity index (χ3v) is 3.24. The second-order valence-corrected chi connectivity index (χ2v) is 4.61. The molecule has 1 aromatic carbocycles. The summed E-state index contributed by atoms with van der Waals surface area (Å²) in [6.07, 6.45) is 2.12. The third-order valence-electron chi connectivity index (χ3n) is 3.24. The van der Waals surface area contributed by atoms with Crippen molar-refractivity contribution in [2.75, 3.05) is 26.8 Å². The van der Waals surface area contributed by atoms with Gasteiger partial charge in [0.15, 0.2) is 0 Å². The number of benzene rings is 1. The van der Waals surface area contributed by atoms with E-state index in [0.717, 1.165) is 38.2 Å². The van der Waals surface area contributed by atoms with Crippen LogP contribution in [-0.2, 0) is 4.74 Å². The fourth-order valence-corrected chi connectivity index (χ4v) is 2.20. The van der Waals surface area contributed by atoms with Crippen molar-refractivity contribution in [2.45, 2.75) is 12.8 Å². The summed E-state index contributed by atoms with van der Waals surface area (Å²) in [7, 11) is 1.88. The highest BCUT2D eigenvalue weighted by Gasteiger charge is 2.19. The number of hydrogen-bond donors (Lipinski definition) is 0. The number of carbonyl (C=O) groups excluding carboxylic acids is 1. The lowest BCUT2D eigenvalue weighted by Crippen LogP contribution is -2.34. The first kappa shape index (κ1) is 12.1. The Labute approximate surface area is 102 Å². The van der Waals surface area contributed by atoms with E-state index in [1.165, 1.54) is 0 Å². The molecule has 0 aromatic heterocycles. The Hall–Kier alpha value is -1.35. The molecule has 92 valence electrons. The largest absolute Gasteiger partial charge is 0.381 e. The molecule has 1 aliphatic rings. The zero-order chi connectivity index (χ0) is 12.1. The molecule has 1 aliphatic heterocycles. The molecule has 0 bridgehead atoms. The second-order valence-electron chi connectivity index (χ2n) is 4.61. The van der Waals surface area contributed by atoms with Gasteiger partial charge in [0.25, 0.3) is 5.91 Å². The fourth-order valence-electron chi connectivity index (χ4n) is 2.20. The Morgan fingerprint density at radius 2 is 1.94 bits per heavy atom. The van der Waals surface area contributed by atoms with E-state index in [2.05, 4.69) is 0 Å². The van der Waals surface area contributed by atoms with E-state index in [1.807, 2.05) is 42.3 Å². The third kappa shape index (κ3) is 3.30. The van der Waals surface area contributed by atoms with Crippen LogP contribution in [0.25, 0.3) is 0 Å². The van der Waals surface area contributed by atoms with Crippen LogP contribution in [-0.4, -0.2) is 37.6 Å². The summed E-state index contributed by atoms with van der Waals surface area (Å²) in [6.45, 7) is 2.49. The second kappa shape index (κ2) is 5.82. The van der Waals surface area contributed by atoms with Crippen LogP contribution in [0, 0.1) is 5.92 Å². The maximum Gasteiger partial charge on any atom is 0.253 e. The Balaban J connectivity index is 1.91. The predicted molar refractivity (Wildman–Crippen MR) is 66.9 cm³/mol. The number of rotatable bonds is 3. The summed E-state index contributed by atoms with van der Waals surface area (Å²) >= 11 is 0. The van der Waals surface area contributed by atoms with E-state index in [1.54, 1.807) is 0 Å². The lowest BCUT2D eigenvalue weighted by Gasteiger charge is -2.27. The molecule has 17 heavy (non-hydrogen) atoms. The quantitative estimate of drug-likeness (QED) is 0.801. The van der Waals surface area contributed by atoms with Gasteiger partial charge in [-0.05, 0) is 30.9 Å². The average molecular weight is 233 g/mol. The van der Waals surface area contributed by atoms with Crippen LogP contribution in [0.2, 0.25) is 0 Å². The van der Waals surface area contributed by atoms with Crippen molar-refractivity contribution in [1.29, 1.82) is 0 Å². The maximum atomic E-state index is 12.1. The molecule has 0 unspecified atom stereocenters. The molecule has 1 heterocycles. The van der Waals surface area contributed by atoms with Crippen molar-refractivity contribution >= 4 is 5.91 Å². The maximum absolute atomic E-state index is 12.1. The van der Waals surface area contributed by atoms with E-state index in [-0.39, 0.29) is 5.91 Å². The first-order valence-electron chi connectivity index (χ1n) is 6.15. The minimum atomic E-state index is 0.108. The molecule has 1 saturated heterocycles. The summed E-state index contributed by atoms with van der Waals surface area (Å²) in [4.78, 5) is 13.9. The fraction of sp³-hybridized carbons (Fsp3) is 0.500. The van der Waals surface area contributed by atoms with Crippen LogP contribution in [0.15, 0.2) is 30.3 Å². The van der Waals surface area contributed by atoms with Crippen molar-refractivity contribution < 1.29 is 9.53 Å². The Kier molecular flexibility index (Phi) is 4.15. The molecule has 3 nitrogen and oxygen atoms in total. The standard InChI is InChI=1S/C14H19NO2/c1-15(11-12-7-9-17-10-8-12)14(16)13-5-3-2-4-6-13/h2-6,12H,7-11H2,1H3. The zero-order valence-electron chi connectivity index (χ0n) is 10.3. The van der Waals surface area contributed by atoms with Crippen molar-refractivity contribution in [3.05, 3.63) is 35.9 Å². The smallest absolute Gasteiger partial charge is 0.253 e. The van der Waals surface area contributed by atoms with Crippen molar-refractivity contribution in [3.8, 4) is 0 Å². The van der Waals surface area contributed by atoms with Gasteiger partial charge >= 0.3 is 0 Å². The van der Waals surface area contributed by atoms with Gasteiger partial charge in [-0.15, -0.1) is 0 Å². The van der Waals surface area contributed by atoms with Crippen LogP contribution in [0.3, 0.4) is 0 Å². The van der Waals surface area contributed by atoms with Crippen LogP contribution < -0.4 is 0 Å². The molecule has 3 heteroatoms. The molecular formula is C14H19NO2. The summed E-state index contributed by atoms with van der Waals surface area (Å²) < 4.78 is 5.32. The molecule has 0 N–H and O–H groups in total. The van der Waals surface area contributed by atoms with Crippen LogP contribution in [0.1, 0.15) is 23.2 Å². The van der Waals surface area contributed by atoms with Crippen molar-refractivity contribution in [1.82, 2.24) is 4.90 Å². The number of carbonyl (C=O) groups is 1. The van der Waals surface area contributed by atoms with E-state index >= 15 is 0 Å². The molecule has 0 spiro atoms. The molecule has 1 aromatic rings. The molecule has 1 fully saturated rings. The van der Waals surface area contributed by atoms with Gasteiger partial charge in [0.1, 0.15) is 0 Å². The number of ether oxygens (including phenoxy) is 1. The minimum absolute atomic E-state index is 0.108. The van der Waals surface area contributed by atoms with Crippen molar-refractivity contribution in [3.63, 3.8) is 0 Å². The van der Waals surface area contributed by atoms with E-state index in [0.29, 0.717) is 5.92 Å². The molecule has 2 rings (SSSR count). The van der Waals surface area contributed by atoms with Gasteiger partial charge in [0.05, 0.1) is 0 Å². The average Bonchev–Trinajstić information content (AvgIpc) is 2.40. The first-order chi connectivity index (χ1) is 8.27. The summed E-state index contributed by atoms with van der Waals surface area (Å²) in [6, 6.07) is 9.45. The van der Waals surface area contributed by atoms with Crippen LogP contribution in [0.4, 0.5) is 0 Å². The highest BCUT2D eigenvalue weighted by molar-refractivity contribution is 5.93. The van der Waals surface area contributed by atoms with E-state index in [4.69, 9.17) is 4.74 Å². The summed E-state index contributed by atoms with van der Waals surface area (Å²) in [5, 5.41) is 0. The monoisotopic (exact) mass is 233 g/mol. The van der Waals surface area contributed by atoms with Crippen molar-refractivity contribution in [2.24, 2.45) is 5.92 Å². The number of hydrogen-bond acceptors (Lipinski definition) is 2. The lowest BCUT2D eigenvalue weighted by atomic mass is 9.99. The highest BCUT2D eigenvalue weighted by Crippen LogP contribution is 2.16. The zero-order valence-corrected chi connectivity index (χ0v) is 10.3. The number of amides is 1. The van der Waals surface area contributed by atoms with Crippen LogP contribution in [0.5, 0.6) is 0 Å². The van der Waals surface area contributed by atoms with Gasteiger partial charge < -0.3 is 9.64 Å². The molecule has 0 aliphatic carbocycles. The SMILES string of the molecule is CN(CC1CCOCC1)C(=O)c1ccccc1. The lowest BCUT2D eigenvalue weighted by molar-refractivity contribution is 0.0497. The normalized spacial score (nSPS) is 16.8. The summed E-state index contributed by atoms with van der Waals surface area (Å²) in [5.41, 5.74) is 0.766. The van der Waals surface area contributed by atoms with Gasteiger partial charge in [0.2, 0.25) is 0 Å². The summed E-state index contributed by atoms with van der Waals surface area (Å²) in [5.74, 6) is 0.693. The minimum Gasteiger partial charge on any atom is -0.381 e. The van der Waals surface area contributed by atoms with Crippen LogP contribution >= 0.6 is 0 Å². The molecule has 0 atom stereocenters. The number of nitrogens with zero attached hydrogens (tertiary/aromatic N) is 1. The predicted octanol–water partition coefficient (Wildman–Crippen LogP) is 2.19. The van der Waals surface area contributed by atoms with Gasteiger partial charge in [0, 0.05) is 32.4 Å². The first-order valence-corrected chi connectivity index (χ1v) is 6.15. The molecule has 0 radical (unpaired) electrons. The Morgan fingerprint density at radius 1 is 1.29 bits per heavy atom. The molecule has 1 amide bonds. The van der Waals surface area contributed by atoms with Gasteiger partial charge in [-0.3, -0.25) is 4.79 Å². The molecule has 0 saturated carbocycles. The topological polar surface area (TPSA) is 29.5 Å². The van der Waals surface area contributed by atoms with Gasteiger partial charge in [-0.25, -0.2) is 0 Å². The van der Waals surface area contributed by atoms with E-state index in [9.17, 15) is 4.79 Å². The van der Waals surface area contributed by atoms with Gasteiger partial charge in [-0.1, -0.05) is 18.2 Å².